The van der Waals surface area contributed by atoms with E-state index in [1.54, 1.807) is 6.92 Å². The number of hydrogen-bond donors (Lipinski definition) is 1. The van der Waals surface area contributed by atoms with Gasteiger partial charge in [0, 0.05) is 6.61 Å². The molecule has 19 heavy (non-hydrogen) atoms. The fourth-order valence-corrected chi connectivity index (χ4v) is 1.82. The highest BCUT2D eigenvalue weighted by Gasteiger charge is 2.25. The molecule has 0 spiro atoms. The molecule has 0 aromatic heterocycles. The Labute approximate surface area is 116 Å². The SMILES string of the molecule is CCCCOC(C)C(=O)NC(C)(C)c1ccccc1. The largest absolute Gasteiger partial charge is 0.369 e. The Bertz CT molecular complexity index is 387. The van der Waals surface area contributed by atoms with Gasteiger partial charge in [0.1, 0.15) is 6.10 Å². The van der Waals surface area contributed by atoms with E-state index >= 15 is 0 Å². The number of rotatable bonds is 7. The van der Waals surface area contributed by atoms with Gasteiger partial charge >= 0.3 is 0 Å². The molecule has 1 amide bonds. The molecule has 1 aromatic rings. The second kappa shape index (κ2) is 7.29. The molecule has 106 valence electrons. The number of carbonyl (C=O) groups excluding carboxylic acids is 1. The Balaban J connectivity index is 2.55. The average Bonchev–Trinajstić information content (AvgIpc) is 2.39. The van der Waals surface area contributed by atoms with Crippen molar-refractivity contribution in [2.24, 2.45) is 0 Å². The van der Waals surface area contributed by atoms with E-state index in [0.717, 1.165) is 18.4 Å². The standard InChI is InChI=1S/C16H25NO2/c1-5-6-12-19-13(2)15(18)17-16(3,4)14-10-8-7-9-11-14/h7-11,13H,5-6,12H2,1-4H3,(H,17,18). The third-order valence-electron chi connectivity index (χ3n) is 3.17. The first-order valence-electron chi connectivity index (χ1n) is 6.96. The molecule has 0 fully saturated rings. The molecule has 1 atom stereocenters. The van der Waals surface area contributed by atoms with E-state index in [0.29, 0.717) is 6.61 Å². The van der Waals surface area contributed by atoms with Crippen LogP contribution in [-0.4, -0.2) is 18.6 Å². The van der Waals surface area contributed by atoms with Crippen molar-refractivity contribution in [3.63, 3.8) is 0 Å². The van der Waals surface area contributed by atoms with E-state index in [-0.39, 0.29) is 11.4 Å². The molecule has 0 saturated carbocycles. The van der Waals surface area contributed by atoms with Crippen LogP contribution in [0.15, 0.2) is 30.3 Å². The number of benzene rings is 1. The summed E-state index contributed by atoms with van der Waals surface area (Å²) in [6, 6.07) is 9.96. The molecule has 0 aliphatic rings. The van der Waals surface area contributed by atoms with Crippen LogP contribution in [0.3, 0.4) is 0 Å². The van der Waals surface area contributed by atoms with Gasteiger partial charge in [-0.3, -0.25) is 4.79 Å². The monoisotopic (exact) mass is 263 g/mol. The maximum atomic E-state index is 12.1. The van der Waals surface area contributed by atoms with Gasteiger partial charge in [0.15, 0.2) is 0 Å². The van der Waals surface area contributed by atoms with Crippen molar-refractivity contribution < 1.29 is 9.53 Å². The fourth-order valence-electron chi connectivity index (χ4n) is 1.82. The van der Waals surface area contributed by atoms with E-state index in [4.69, 9.17) is 4.74 Å². The van der Waals surface area contributed by atoms with Crippen LogP contribution in [0.25, 0.3) is 0 Å². The van der Waals surface area contributed by atoms with Gasteiger partial charge in [0.25, 0.3) is 0 Å². The van der Waals surface area contributed by atoms with Crippen LogP contribution in [-0.2, 0) is 15.1 Å². The summed E-state index contributed by atoms with van der Waals surface area (Å²) in [4.78, 5) is 12.1. The van der Waals surface area contributed by atoms with Crippen LogP contribution in [0, 0.1) is 0 Å². The minimum atomic E-state index is -0.408. The molecule has 3 heteroatoms. The molecule has 0 aliphatic carbocycles. The molecule has 0 heterocycles. The molecule has 3 nitrogen and oxygen atoms in total. The lowest BCUT2D eigenvalue weighted by atomic mass is 9.94. The van der Waals surface area contributed by atoms with Crippen molar-refractivity contribution >= 4 is 5.91 Å². The smallest absolute Gasteiger partial charge is 0.249 e. The number of unbranched alkanes of at least 4 members (excludes halogenated alkanes) is 1. The highest BCUT2D eigenvalue weighted by atomic mass is 16.5. The quantitative estimate of drug-likeness (QED) is 0.767. The van der Waals surface area contributed by atoms with Crippen LogP contribution in [0.5, 0.6) is 0 Å². The van der Waals surface area contributed by atoms with Gasteiger partial charge in [0.05, 0.1) is 5.54 Å². The number of hydrogen-bond acceptors (Lipinski definition) is 2. The zero-order valence-corrected chi connectivity index (χ0v) is 12.4. The van der Waals surface area contributed by atoms with Gasteiger partial charge in [-0.1, -0.05) is 43.7 Å². The van der Waals surface area contributed by atoms with Crippen molar-refractivity contribution in [2.45, 2.75) is 52.2 Å². The molecule has 0 radical (unpaired) electrons. The zero-order valence-electron chi connectivity index (χ0n) is 12.4. The lowest BCUT2D eigenvalue weighted by Crippen LogP contribution is -2.45. The van der Waals surface area contributed by atoms with Gasteiger partial charge in [-0.25, -0.2) is 0 Å². The number of carbonyl (C=O) groups is 1. The minimum absolute atomic E-state index is 0.0649. The maximum absolute atomic E-state index is 12.1. The maximum Gasteiger partial charge on any atom is 0.249 e. The predicted molar refractivity (Wildman–Crippen MR) is 77.9 cm³/mol. The van der Waals surface area contributed by atoms with Crippen molar-refractivity contribution in [3.05, 3.63) is 35.9 Å². The van der Waals surface area contributed by atoms with E-state index < -0.39 is 6.10 Å². The number of ether oxygens (including phenoxy) is 1. The summed E-state index contributed by atoms with van der Waals surface area (Å²) >= 11 is 0. The molecule has 1 unspecified atom stereocenters. The van der Waals surface area contributed by atoms with Crippen molar-refractivity contribution in [3.8, 4) is 0 Å². The molecule has 0 aliphatic heterocycles. The number of nitrogens with one attached hydrogen (secondary N) is 1. The van der Waals surface area contributed by atoms with E-state index in [1.165, 1.54) is 0 Å². The molecule has 1 rings (SSSR count). The Kier molecular flexibility index (Phi) is 6.03. The lowest BCUT2D eigenvalue weighted by molar-refractivity contribution is -0.133. The third-order valence-corrected chi connectivity index (χ3v) is 3.17. The van der Waals surface area contributed by atoms with Gasteiger partial charge in [0.2, 0.25) is 5.91 Å². The topological polar surface area (TPSA) is 38.3 Å². The molecular formula is C16H25NO2. The Morgan fingerprint density at radius 3 is 2.53 bits per heavy atom. The van der Waals surface area contributed by atoms with Crippen molar-refractivity contribution in [1.29, 1.82) is 0 Å². The lowest BCUT2D eigenvalue weighted by Gasteiger charge is -2.28. The van der Waals surface area contributed by atoms with Gasteiger partial charge < -0.3 is 10.1 Å². The van der Waals surface area contributed by atoms with Crippen LogP contribution >= 0.6 is 0 Å². The average molecular weight is 263 g/mol. The van der Waals surface area contributed by atoms with Crippen LogP contribution in [0.4, 0.5) is 0 Å². The predicted octanol–water partition coefficient (Wildman–Crippen LogP) is 3.24. The summed E-state index contributed by atoms with van der Waals surface area (Å²) in [6.45, 7) is 8.54. The first-order chi connectivity index (χ1) is 8.97. The van der Waals surface area contributed by atoms with Crippen molar-refractivity contribution in [1.82, 2.24) is 5.32 Å². The van der Waals surface area contributed by atoms with E-state index in [9.17, 15) is 4.79 Å². The highest BCUT2D eigenvalue weighted by Crippen LogP contribution is 2.19. The van der Waals surface area contributed by atoms with Gasteiger partial charge in [-0.05, 0) is 32.8 Å². The Morgan fingerprint density at radius 1 is 1.32 bits per heavy atom. The normalized spacial score (nSPS) is 13.1. The summed E-state index contributed by atoms with van der Waals surface area (Å²) < 4.78 is 5.51. The van der Waals surface area contributed by atoms with Crippen LogP contribution < -0.4 is 5.32 Å². The first-order valence-corrected chi connectivity index (χ1v) is 6.96. The van der Waals surface area contributed by atoms with Crippen LogP contribution in [0.1, 0.15) is 46.1 Å². The molecule has 0 bridgehead atoms. The highest BCUT2D eigenvalue weighted by molar-refractivity contribution is 5.81. The van der Waals surface area contributed by atoms with Crippen molar-refractivity contribution in [2.75, 3.05) is 6.61 Å². The summed E-state index contributed by atoms with van der Waals surface area (Å²) in [7, 11) is 0. The second-order valence-electron chi connectivity index (χ2n) is 5.35. The fraction of sp³-hybridized carbons (Fsp3) is 0.562. The molecule has 1 N–H and O–H groups in total. The Hall–Kier alpha value is -1.35. The molecule has 1 aromatic carbocycles. The minimum Gasteiger partial charge on any atom is -0.369 e. The summed E-state index contributed by atoms with van der Waals surface area (Å²) in [5, 5.41) is 3.04. The van der Waals surface area contributed by atoms with Crippen LogP contribution in [0.2, 0.25) is 0 Å². The second-order valence-corrected chi connectivity index (χ2v) is 5.35. The van der Waals surface area contributed by atoms with Gasteiger partial charge in [-0.2, -0.15) is 0 Å². The zero-order chi connectivity index (χ0) is 14.3. The first kappa shape index (κ1) is 15.7. The molecule has 0 saturated heterocycles. The number of amides is 1. The van der Waals surface area contributed by atoms with E-state index in [1.807, 2.05) is 44.2 Å². The summed E-state index contributed by atoms with van der Waals surface area (Å²) in [6.07, 6.45) is 1.65. The summed E-state index contributed by atoms with van der Waals surface area (Å²) in [5.41, 5.74) is 0.699. The van der Waals surface area contributed by atoms with Gasteiger partial charge in [-0.15, -0.1) is 0 Å². The Morgan fingerprint density at radius 2 is 1.95 bits per heavy atom. The van der Waals surface area contributed by atoms with E-state index in [2.05, 4.69) is 12.2 Å². The third kappa shape index (κ3) is 5.03. The summed E-state index contributed by atoms with van der Waals surface area (Å²) in [5.74, 6) is -0.0649. The molecular weight excluding hydrogens is 238 g/mol.